The largest absolute Gasteiger partial charge is 0.378 e. The first-order valence-electron chi connectivity index (χ1n) is 6.66. The Hall–Kier alpha value is -1.92. The van der Waals surface area contributed by atoms with Crippen LogP contribution in [0.3, 0.4) is 0 Å². The van der Waals surface area contributed by atoms with Gasteiger partial charge in [-0.1, -0.05) is 19.3 Å². The summed E-state index contributed by atoms with van der Waals surface area (Å²) in [5.74, 6) is 0.288. The average Bonchev–Trinajstić information content (AvgIpc) is 2.40. The van der Waals surface area contributed by atoms with Gasteiger partial charge in [0.05, 0.1) is 4.92 Å². The number of nitrogens with two attached hydrogens (primary N) is 1. The molecule has 2 N–H and O–H groups in total. The topological polar surface area (TPSA) is 98.2 Å². The van der Waals surface area contributed by atoms with Gasteiger partial charge >= 0.3 is 5.69 Å². The zero-order chi connectivity index (χ0) is 13.8. The first kappa shape index (κ1) is 13.5. The van der Waals surface area contributed by atoms with Crippen molar-refractivity contribution in [3.05, 3.63) is 16.4 Å². The highest BCUT2D eigenvalue weighted by atomic mass is 16.6. The molecule has 0 unspecified atom stereocenters. The third kappa shape index (κ3) is 2.74. The Balaban J connectivity index is 2.37. The molecule has 0 atom stereocenters. The summed E-state index contributed by atoms with van der Waals surface area (Å²) < 4.78 is 0. The van der Waals surface area contributed by atoms with E-state index >= 15 is 0 Å². The molecule has 0 aliphatic heterocycles. The molecule has 1 fully saturated rings. The minimum Gasteiger partial charge on any atom is -0.378 e. The van der Waals surface area contributed by atoms with Gasteiger partial charge in [0, 0.05) is 12.6 Å². The van der Waals surface area contributed by atoms with Crippen LogP contribution in [0.15, 0.2) is 6.33 Å². The van der Waals surface area contributed by atoms with E-state index in [1.165, 1.54) is 12.7 Å². The average molecular weight is 265 g/mol. The van der Waals surface area contributed by atoms with Gasteiger partial charge in [-0.05, 0) is 19.8 Å². The van der Waals surface area contributed by atoms with Crippen molar-refractivity contribution in [2.24, 2.45) is 0 Å². The van der Waals surface area contributed by atoms with E-state index in [4.69, 9.17) is 5.73 Å². The molecule has 0 spiro atoms. The second-order valence-corrected chi connectivity index (χ2v) is 4.77. The number of nitrogen functional groups attached to an aromatic ring is 1. The summed E-state index contributed by atoms with van der Waals surface area (Å²) in [5, 5.41) is 11.2. The Kier molecular flexibility index (Phi) is 4.13. The van der Waals surface area contributed by atoms with Gasteiger partial charge < -0.3 is 10.6 Å². The summed E-state index contributed by atoms with van der Waals surface area (Å²) in [7, 11) is 0. The monoisotopic (exact) mass is 265 g/mol. The van der Waals surface area contributed by atoms with Crippen LogP contribution < -0.4 is 10.6 Å². The van der Waals surface area contributed by atoms with Crippen LogP contribution in [0.1, 0.15) is 39.0 Å². The highest BCUT2D eigenvalue weighted by Crippen LogP contribution is 2.34. The standard InChI is InChI=1S/C12H19N5O2/c1-2-16(9-6-4-3-5-7-9)12-10(17(18)19)11(13)14-8-15-12/h8-9H,2-7H2,1H3,(H2,13,14,15). The fourth-order valence-corrected chi connectivity index (χ4v) is 2.74. The number of aromatic nitrogens is 2. The van der Waals surface area contributed by atoms with E-state index in [2.05, 4.69) is 9.97 Å². The molecule has 0 bridgehead atoms. The fraction of sp³-hybridized carbons (Fsp3) is 0.667. The van der Waals surface area contributed by atoms with Crippen molar-refractivity contribution in [3.63, 3.8) is 0 Å². The first-order valence-corrected chi connectivity index (χ1v) is 6.66. The van der Waals surface area contributed by atoms with Gasteiger partial charge in [0.2, 0.25) is 11.6 Å². The summed E-state index contributed by atoms with van der Waals surface area (Å²) in [5.41, 5.74) is 5.45. The highest BCUT2D eigenvalue weighted by Gasteiger charge is 2.29. The van der Waals surface area contributed by atoms with Gasteiger partial charge in [0.25, 0.3) is 0 Å². The second-order valence-electron chi connectivity index (χ2n) is 4.77. The van der Waals surface area contributed by atoms with E-state index in [0.717, 1.165) is 25.7 Å². The van der Waals surface area contributed by atoms with Crippen LogP contribution in [0.25, 0.3) is 0 Å². The number of anilines is 2. The van der Waals surface area contributed by atoms with Crippen molar-refractivity contribution in [2.45, 2.75) is 45.1 Å². The Morgan fingerprint density at radius 1 is 1.42 bits per heavy atom. The normalized spacial score (nSPS) is 16.3. The summed E-state index contributed by atoms with van der Waals surface area (Å²) in [6.07, 6.45) is 6.96. The van der Waals surface area contributed by atoms with Crippen LogP contribution in [-0.2, 0) is 0 Å². The van der Waals surface area contributed by atoms with E-state index in [1.807, 2.05) is 11.8 Å². The molecular weight excluding hydrogens is 246 g/mol. The lowest BCUT2D eigenvalue weighted by molar-refractivity contribution is -0.383. The molecule has 104 valence electrons. The van der Waals surface area contributed by atoms with Crippen LogP contribution in [-0.4, -0.2) is 27.5 Å². The summed E-state index contributed by atoms with van der Waals surface area (Å²) >= 11 is 0. The molecule has 7 nitrogen and oxygen atoms in total. The molecule has 19 heavy (non-hydrogen) atoms. The predicted molar refractivity (Wildman–Crippen MR) is 73.0 cm³/mol. The van der Waals surface area contributed by atoms with Crippen molar-refractivity contribution in [1.29, 1.82) is 0 Å². The SMILES string of the molecule is CCN(c1ncnc(N)c1[N+](=O)[O-])C1CCCCC1. The lowest BCUT2D eigenvalue weighted by atomic mass is 9.94. The number of hydrogen-bond acceptors (Lipinski definition) is 6. The van der Waals surface area contributed by atoms with Crippen LogP contribution >= 0.6 is 0 Å². The van der Waals surface area contributed by atoms with Gasteiger partial charge in [-0.25, -0.2) is 9.97 Å². The molecule has 1 aromatic rings. The van der Waals surface area contributed by atoms with Crippen molar-refractivity contribution >= 4 is 17.3 Å². The van der Waals surface area contributed by atoms with Gasteiger partial charge in [-0.15, -0.1) is 0 Å². The number of hydrogen-bond donors (Lipinski definition) is 1. The Bertz CT molecular complexity index is 459. The van der Waals surface area contributed by atoms with E-state index in [-0.39, 0.29) is 11.5 Å². The highest BCUT2D eigenvalue weighted by molar-refractivity contribution is 5.68. The van der Waals surface area contributed by atoms with Crippen LogP contribution in [0.5, 0.6) is 0 Å². The van der Waals surface area contributed by atoms with Gasteiger partial charge in [-0.2, -0.15) is 0 Å². The van der Waals surface area contributed by atoms with E-state index in [0.29, 0.717) is 18.4 Å². The lowest BCUT2D eigenvalue weighted by Crippen LogP contribution is -2.37. The molecule has 1 aliphatic carbocycles. The molecular formula is C12H19N5O2. The molecule has 0 amide bonds. The molecule has 1 saturated carbocycles. The maximum Gasteiger partial charge on any atom is 0.353 e. The molecule has 0 aromatic carbocycles. The maximum absolute atomic E-state index is 11.2. The molecule has 2 rings (SSSR count). The lowest BCUT2D eigenvalue weighted by Gasteiger charge is -2.34. The number of rotatable bonds is 4. The molecule has 1 aliphatic rings. The minimum atomic E-state index is -0.490. The van der Waals surface area contributed by atoms with Crippen LogP contribution in [0.2, 0.25) is 0 Å². The van der Waals surface area contributed by atoms with Crippen molar-refractivity contribution in [2.75, 3.05) is 17.2 Å². The Labute approximate surface area is 112 Å². The zero-order valence-electron chi connectivity index (χ0n) is 11.1. The molecule has 7 heteroatoms. The number of nitro groups is 1. The third-order valence-corrected chi connectivity index (χ3v) is 3.64. The van der Waals surface area contributed by atoms with Gasteiger partial charge in [0.1, 0.15) is 6.33 Å². The molecule has 0 radical (unpaired) electrons. The third-order valence-electron chi connectivity index (χ3n) is 3.64. The van der Waals surface area contributed by atoms with Crippen LogP contribution in [0, 0.1) is 10.1 Å². The van der Waals surface area contributed by atoms with Crippen LogP contribution in [0.4, 0.5) is 17.3 Å². The summed E-state index contributed by atoms with van der Waals surface area (Å²) in [4.78, 5) is 20.5. The summed E-state index contributed by atoms with van der Waals surface area (Å²) in [6.45, 7) is 2.67. The quantitative estimate of drug-likeness (QED) is 0.661. The van der Waals surface area contributed by atoms with E-state index in [1.54, 1.807) is 0 Å². The van der Waals surface area contributed by atoms with Gasteiger partial charge in [0.15, 0.2) is 0 Å². The second kappa shape index (κ2) is 5.81. The summed E-state index contributed by atoms with van der Waals surface area (Å²) in [6, 6.07) is 0.312. The van der Waals surface area contributed by atoms with E-state index in [9.17, 15) is 10.1 Å². The minimum absolute atomic E-state index is 0.0655. The number of nitrogens with zero attached hydrogens (tertiary/aromatic N) is 4. The zero-order valence-corrected chi connectivity index (χ0v) is 11.1. The Morgan fingerprint density at radius 3 is 2.68 bits per heavy atom. The maximum atomic E-state index is 11.2. The molecule has 1 heterocycles. The molecule has 0 saturated heterocycles. The fourth-order valence-electron chi connectivity index (χ4n) is 2.74. The smallest absolute Gasteiger partial charge is 0.353 e. The van der Waals surface area contributed by atoms with Crippen molar-refractivity contribution in [1.82, 2.24) is 9.97 Å². The first-order chi connectivity index (χ1) is 9.15. The van der Waals surface area contributed by atoms with Crippen molar-refractivity contribution < 1.29 is 4.92 Å². The predicted octanol–water partition coefficient (Wildman–Crippen LogP) is 2.13. The molecule has 1 aromatic heterocycles. The van der Waals surface area contributed by atoms with Gasteiger partial charge in [-0.3, -0.25) is 10.1 Å². The van der Waals surface area contributed by atoms with Crippen molar-refractivity contribution in [3.8, 4) is 0 Å². The Morgan fingerprint density at radius 2 is 2.11 bits per heavy atom. The van der Waals surface area contributed by atoms with E-state index < -0.39 is 4.92 Å².